The van der Waals surface area contributed by atoms with Crippen molar-refractivity contribution in [3.63, 3.8) is 0 Å². The first-order valence-corrected chi connectivity index (χ1v) is 6.47. The van der Waals surface area contributed by atoms with E-state index in [0.717, 1.165) is 11.3 Å². The number of rotatable bonds is 4. The summed E-state index contributed by atoms with van der Waals surface area (Å²) in [5.74, 6) is -5.75. The molecule has 1 rings (SSSR count). The molecule has 0 saturated carbocycles. The van der Waals surface area contributed by atoms with Crippen molar-refractivity contribution >= 4 is 44.8 Å². The summed E-state index contributed by atoms with van der Waals surface area (Å²) in [6.07, 6.45) is -2.27. The van der Waals surface area contributed by atoms with E-state index in [-0.39, 0.29) is 15.8 Å². The molecule has 3 nitrogen and oxygen atoms in total. The van der Waals surface area contributed by atoms with E-state index in [1.165, 1.54) is 13.0 Å². The van der Waals surface area contributed by atoms with Crippen LogP contribution in [0.5, 0.6) is 0 Å². The maximum atomic E-state index is 13.4. The Morgan fingerprint density at radius 2 is 2.35 bits per heavy atom. The second-order valence-electron chi connectivity index (χ2n) is 3.02. The van der Waals surface area contributed by atoms with Crippen LogP contribution >= 0.6 is 38.9 Å². The molecule has 1 aromatic heterocycles. The van der Waals surface area contributed by atoms with E-state index >= 15 is 0 Å². The zero-order valence-electron chi connectivity index (χ0n) is 8.55. The molecule has 1 aromatic rings. The quantitative estimate of drug-likeness (QED) is 0.848. The van der Waals surface area contributed by atoms with Gasteiger partial charge in [-0.3, -0.25) is 0 Å². The third-order valence-corrected chi connectivity index (χ3v) is 4.35. The number of halogens is 4. The van der Waals surface area contributed by atoms with Gasteiger partial charge in [0.05, 0.1) is 6.61 Å². The fourth-order valence-electron chi connectivity index (χ4n) is 1.02. The SMILES string of the molecule is CCOC(=O)C(F)(F)C(O)c1cc(Br)c(Cl)s1. The lowest BCUT2D eigenvalue weighted by Gasteiger charge is -2.19. The van der Waals surface area contributed by atoms with Crippen LogP contribution in [0, 0.1) is 0 Å². The molecule has 0 fully saturated rings. The number of thiophene rings is 1. The van der Waals surface area contributed by atoms with Crippen LogP contribution < -0.4 is 0 Å². The Hall–Kier alpha value is -0.240. The summed E-state index contributed by atoms with van der Waals surface area (Å²) in [4.78, 5) is 10.9. The molecule has 8 heteroatoms. The lowest BCUT2D eigenvalue weighted by molar-refractivity contribution is -0.188. The Labute approximate surface area is 113 Å². The van der Waals surface area contributed by atoms with Crippen LogP contribution in [0.25, 0.3) is 0 Å². The normalized spacial score (nSPS) is 13.5. The maximum absolute atomic E-state index is 13.4. The van der Waals surface area contributed by atoms with E-state index in [1.54, 1.807) is 0 Å². The van der Waals surface area contributed by atoms with Crippen molar-refractivity contribution < 1.29 is 23.4 Å². The lowest BCUT2D eigenvalue weighted by atomic mass is 10.1. The summed E-state index contributed by atoms with van der Waals surface area (Å²) in [6.45, 7) is 1.22. The summed E-state index contributed by atoms with van der Waals surface area (Å²) in [6, 6.07) is 1.24. The number of hydrogen-bond donors (Lipinski definition) is 1. The van der Waals surface area contributed by atoms with Crippen molar-refractivity contribution in [1.29, 1.82) is 0 Å². The third kappa shape index (κ3) is 3.15. The summed E-state index contributed by atoms with van der Waals surface area (Å²) < 4.78 is 31.7. The molecular formula is C9H8BrClF2O3S. The minimum atomic E-state index is -4.00. The van der Waals surface area contributed by atoms with Gasteiger partial charge in [0, 0.05) is 9.35 Å². The van der Waals surface area contributed by atoms with Gasteiger partial charge in [0.1, 0.15) is 4.34 Å². The number of hydrogen-bond acceptors (Lipinski definition) is 4. The lowest BCUT2D eigenvalue weighted by Crippen LogP contribution is -2.37. The smallest absolute Gasteiger partial charge is 0.380 e. The van der Waals surface area contributed by atoms with Crippen LogP contribution in [-0.4, -0.2) is 23.6 Å². The Kier molecular flexibility index (Phi) is 4.88. The maximum Gasteiger partial charge on any atom is 0.380 e. The number of aliphatic hydroxyl groups excluding tert-OH is 1. The summed E-state index contributed by atoms with van der Waals surface area (Å²) in [7, 11) is 0. The molecule has 0 amide bonds. The van der Waals surface area contributed by atoms with E-state index in [1.807, 2.05) is 0 Å². The van der Waals surface area contributed by atoms with E-state index in [2.05, 4.69) is 20.7 Å². The number of ether oxygens (including phenoxy) is 1. The van der Waals surface area contributed by atoms with Crippen LogP contribution in [0.4, 0.5) is 8.78 Å². The largest absolute Gasteiger partial charge is 0.461 e. The minimum absolute atomic E-state index is 0.111. The zero-order valence-corrected chi connectivity index (χ0v) is 11.7. The standard InChI is InChI=1S/C9H8BrClF2O3S/c1-2-16-8(15)9(12,13)6(14)5-3-4(10)7(11)17-5/h3,6,14H,2H2,1H3. The Balaban J connectivity index is 2.95. The van der Waals surface area contributed by atoms with E-state index < -0.39 is 18.0 Å². The molecule has 0 spiro atoms. The Morgan fingerprint density at radius 3 is 2.76 bits per heavy atom. The van der Waals surface area contributed by atoms with E-state index in [4.69, 9.17) is 11.6 Å². The number of carbonyl (C=O) groups is 1. The monoisotopic (exact) mass is 348 g/mol. The second-order valence-corrected chi connectivity index (χ2v) is 5.56. The van der Waals surface area contributed by atoms with Crippen LogP contribution in [-0.2, 0) is 9.53 Å². The fourth-order valence-corrected chi connectivity index (χ4v) is 2.78. The van der Waals surface area contributed by atoms with Gasteiger partial charge in [-0.15, -0.1) is 11.3 Å². The van der Waals surface area contributed by atoms with Gasteiger partial charge in [-0.2, -0.15) is 8.78 Å². The van der Waals surface area contributed by atoms with Crippen molar-refractivity contribution in [1.82, 2.24) is 0 Å². The predicted molar refractivity (Wildman–Crippen MR) is 63.6 cm³/mol. The Morgan fingerprint density at radius 1 is 1.76 bits per heavy atom. The van der Waals surface area contributed by atoms with Crippen LogP contribution in [0.15, 0.2) is 10.5 Å². The summed E-state index contributed by atoms with van der Waals surface area (Å²) in [5.41, 5.74) is 0. The number of carbonyl (C=O) groups excluding carboxylic acids is 1. The van der Waals surface area contributed by atoms with Gasteiger partial charge in [0.2, 0.25) is 0 Å². The van der Waals surface area contributed by atoms with Gasteiger partial charge in [-0.25, -0.2) is 4.79 Å². The van der Waals surface area contributed by atoms with E-state index in [9.17, 15) is 18.7 Å². The van der Waals surface area contributed by atoms with Crippen LogP contribution in [0.3, 0.4) is 0 Å². The zero-order chi connectivity index (χ0) is 13.2. The first kappa shape index (κ1) is 14.8. The highest BCUT2D eigenvalue weighted by atomic mass is 79.9. The van der Waals surface area contributed by atoms with Gasteiger partial charge < -0.3 is 9.84 Å². The molecule has 1 heterocycles. The van der Waals surface area contributed by atoms with Gasteiger partial charge in [0.25, 0.3) is 0 Å². The number of aliphatic hydroxyl groups is 1. The molecule has 0 aliphatic rings. The molecule has 0 aliphatic carbocycles. The van der Waals surface area contributed by atoms with Gasteiger partial charge >= 0.3 is 11.9 Å². The van der Waals surface area contributed by atoms with Crippen molar-refractivity contribution in [2.24, 2.45) is 0 Å². The molecule has 0 bridgehead atoms. The van der Waals surface area contributed by atoms with E-state index in [0.29, 0.717) is 4.47 Å². The molecule has 0 aliphatic heterocycles. The van der Waals surface area contributed by atoms with Crippen LogP contribution in [0.2, 0.25) is 4.34 Å². The molecule has 1 unspecified atom stereocenters. The Bertz CT molecular complexity index is 405. The van der Waals surface area contributed by atoms with Crippen molar-refractivity contribution in [2.75, 3.05) is 6.61 Å². The van der Waals surface area contributed by atoms with Crippen molar-refractivity contribution in [2.45, 2.75) is 19.0 Å². The third-order valence-electron chi connectivity index (χ3n) is 1.82. The van der Waals surface area contributed by atoms with Crippen LogP contribution in [0.1, 0.15) is 17.9 Å². The molecule has 96 valence electrons. The number of esters is 1. The minimum Gasteiger partial charge on any atom is -0.461 e. The molecule has 0 radical (unpaired) electrons. The van der Waals surface area contributed by atoms with Gasteiger partial charge in [-0.05, 0) is 28.9 Å². The number of alkyl halides is 2. The average Bonchev–Trinajstić information content (AvgIpc) is 2.58. The average molecular weight is 350 g/mol. The highest BCUT2D eigenvalue weighted by Gasteiger charge is 2.49. The molecular weight excluding hydrogens is 342 g/mol. The summed E-state index contributed by atoms with van der Waals surface area (Å²) in [5, 5.41) is 9.46. The molecule has 1 atom stereocenters. The first-order chi connectivity index (χ1) is 7.80. The van der Waals surface area contributed by atoms with Gasteiger partial charge in [-0.1, -0.05) is 11.6 Å². The highest BCUT2D eigenvalue weighted by Crippen LogP contribution is 2.41. The predicted octanol–water partition coefficient (Wildman–Crippen LogP) is 3.40. The molecule has 0 aromatic carbocycles. The summed E-state index contributed by atoms with van der Waals surface area (Å²) >= 11 is 9.45. The molecule has 1 N–H and O–H groups in total. The van der Waals surface area contributed by atoms with Gasteiger partial charge in [0.15, 0.2) is 6.10 Å². The fraction of sp³-hybridized carbons (Fsp3) is 0.444. The van der Waals surface area contributed by atoms with Crippen molar-refractivity contribution in [3.8, 4) is 0 Å². The topological polar surface area (TPSA) is 46.5 Å². The highest BCUT2D eigenvalue weighted by molar-refractivity contribution is 9.10. The molecule has 17 heavy (non-hydrogen) atoms. The van der Waals surface area contributed by atoms with Crippen molar-refractivity contribution in [3.05, 3.63) is 19.8 Å². The second kappa shape index (κ2) is 5.60. The molecule has 0 saturated heterocycles. The first-order valence-electron chi connectivity index (χ1n) is 4.48.